The number of halogens is 3. The first-order valence-electron chi connectivity index (χ1n) is 6.19. The molecule has 0 aliphatic carbocycles. The van der Waals surface area contributed by atoms with Crippen molar-refractivity contribution in [1.29, 1.82) is 0 Å². The van der Waals surface area contributed by atoms with E-state index in [0.29, 0.717) is 18.3 Å². The summed E-state index contributed by atoms with van der Waals surface area (Å²) in [7, 11) is 0. The van der Waals surface area contributed by atoms with Gasteiger partial charge < -0.3 is 5.32 Å². The van der Waals surface area contributed by atoms with Crippen LogP contribution in [0.5, 0.6) is 0 Å². The van der Waals surface area contributed by atoms with Crippen molar-refractivity contribution in [2.24, 2.45) is 0 Å². The molecular weight excluding hydrogens is 267 g/mol. The van der Waals surface area contributed by atoms with Crippen LogP contribution >= 0.6 is 0 Å². The van der Waals surface area contributed by atoms with Gasteiger partial charge in [-0.25, -0.2) is 18.2 Å². The summed E-state index contributed by atoms with van der Waals surface area (Å²) in [5, 5.41) is 3.21. The summed E-state index contributed by atoms with van der Waals surface area (Å²) in [6.07, 6.45) is 2.86. The molecular formula is C14H16F3N3. The third-order valence-corrected chi connectivity index (χ3v) is 2.75. The Morgan fingerprint density at radius 3 is 2.55 bits per heavy atom. The minimum Gasteiger partial charge on any atom is -0.306 e. The fourth-order valence-corrected chi connectivity index (χ4v) is 1.74. The lowest BCUT2D eigenvalue weighted by atomic mass is 10.1. The molecule has 20 heavy (non-hydrogen) atoms. The summed E-state index contributed by atoms with van der Waals surface area (Å²) in [5.41, 5.74) is 0.287. The molecule has 0 aliphatic heterocycles. The van der Waals surface area contributed by atoms with Crippen LogP contribution in [-0.2, 0) is 6.54 Å². The van der Waals surface area contributed by atoms with Gasteiger partial charge in [-0.1, -0.05) is 0 Å². The highest BCUT2D eigenvalue weighted by atomic mass is 19.2. The molecule has 1 N–H and O–H groups in total. The molecule has 1 aromatic heterocycles. The molecule has 0 saturated heterocycles. The molecule has 1 heterocycles. The molecule has 0 bridgehead atoms. The number of nitrogens with one attached hydrogen (secondary N) is 1. The molecule has 1 aromatic carbocycles. The number of hydrogen-bond donors (Lipinski definition) is 1. The Labute approximate surface area is 115 Å². The minimum atomic E-state index is -1.22. The summed E-state index contributed by atoms with van der Waals surface area (Å²) in [4.78, 5) is 3.91. The maximum atomic E-state index is 13.8. The summed E-state index contributed by atoms with van der Waals surface area (Å²) in [6, 6.07) is 1.46. The van der Waals surface area contributed by atoms with E-state index in [0.717, 1.165) is 6.07 Å². The van der Waals surface area contributed by atoms with Crippen LogP contribution in [0.2, 0.25) is 0 Å². The monoisotopic (exact) mass is 283 g/mol. The number of rotatable bonds is 3. The number of nitrogens with zero attached hydrogens (tertiary/aromatic N) is 2. The van der Waals surface area contributed by atoms with Gasteiger partial charge in [0.25, 0.3) is 0 Å². The average Bonchev–Trinajstić information content (AvgIpc) is 2.78. The number of imidazole rings is 1. The molecule has 0 spiro atoms. The van der Waals surface area contributed by atoms with E-state index < -0.39 is 17.5 Å². The maximum Gasteiger partial charge on any atom is 0.183 e. The maximum absolute atomic E-state index is 13.8. The third-order valence-electron chi connectivity index (χ3n) is 2.75. The summed E-state index contributed by atoms with van der Waals surface area (Å²) >= 11 is 0. The SMILES string of the molecule is CC(C)(C)NCc1cncn1-c1cc(F)cc(F)c1F. The van der Waals surface area contributed by atoms with Gasteiger partial charge in [-0.2, -0.15) is 0 Å². The van der Waals surface area contributed by atoms with Crippen LogP contribution in [0.25, 0.3) is 5.69 Å². The molecule has 6 heteroatoms. The first-order chi connectivity index (χ1) is 9.28. The van der Waals surface area contributed by atoms with Crippen LogP contribution in [0.15, 0.2) is 24.7 Å². The highest BCUT2D eigenvalue weighted by Crippen LogP contribution is 2.20. The molecule has 2 aromatic rings. The molecule has 0 atom stereocenters. The first kappa shape index (κ1) is 14.6. The quantitative estimate of drug-likeness (QED) is 0.877. The summed E-state index contributed by atoms with van der Waals surface area (Å²) in [6.45, 7) is 6.35. The molecule has 0 amide bonds. The van der Waals surface area contributed by atoms with Crippen molar-refractivity contribution >= 4 is 0 Å². The van der Waals surface area contributed by atoms with Crippen LogP contribution in [0, 0.1) is 17.5 Å². The van der Waals surface area contributed by atoms with Crippen LogP contribution in [0.1, 0.15) is 26.5 Å². The second-order valence-corrected chi connectivity index (χ2v) is 5.58. The Hall–Kier alpha value is -1.82. The average molecular weight is 283 g/mol. The highest BCUT2D eigenvalue weighted by Gasteiger charge is 2.16. The van der Waals surface area contributed by atoms with E-state index in [1.807, 2.05) is 20.8 Å². The second kappa shape index (κ2) is 5.28. The van der Waals surface area contributed by atoms with Gasteiger partial charge >= 0.3 is 0 Å². The van der Waals surface area contributed by atoms with Gasteiger partial charge in [-0.15, -0.1) is 0 Å². The Balaban J connectivity index is 2.37. The van der Waals surface area contributed by atoms with E-state index in [9.17, 15) is 13.2 Å². The Morgan fingerprint density at radius 2 is 1.90 bits per heavy atom. The van der Waals surface area contributed by atoms with Crippen LogP contribution < -0.4 is 5.32 Å². The molecule has 3 nitrogen and oxygen atoms in total. The lowest BCUT2D eigenvalue weighted by Crippen LogP contribution is -2.35. The first-order valence-corrected chi connectivity index (χ1v) is 6.19. The lowest BCUT2D eigenvalue weighted by molar-refractivity contribution is 0.418. The number of aromatic nitrogens is 2. The Kier molecular flexibility index (Phi) is 3.85. The largest absolute Gasteiger partial charge is 0.306 e. The van der Waals surface area contributed by atoms with E-state index in [2.05, 4.69) is 10.3 Å². The van der Waals surface area contributed by atoms with E-state index in [-0.39, 0.29) is 11.2 Å². The van der Waals surface area contributed by atoms with Crippen molar-refractivity contribution in [2.75, 3.05) is 0 Å². The van der Waals surface area contributed by atoms with Gasteiger partial charge in [0.1, 0.15) is 5.82 Å². The van der Waals surface area contributed by atoms with Crippen LogP contribution in [0.3, 0.4) is 0 Å². The predicted molar refractivity (Wildman–Crippen MR) is 70.0 cm³/mol. The van der Waals surface area contributed by atoms with Gasteiger partial charge in [0.2, 0.25) is 0 Å². The van der Waals surface area contributed by atoms with Gasteiger partial charge in [0.05, 0.1) is 17.7 Å². The molecule has 0 unspecified atom stereocenters. The van der Waals surface area contributed by atoms with Crippen LogP contribution in [0.4, 0.5) is 13.2 Å². The molecule has 108 valence electrons. The van der Waals surface area contributed by atoms with Crippen molar-refractivity contribution in [3.63, 3.8) is 0 Å². The van der Waals surface area contributed by atoms with Crippen molar-refractivity contribution in [1.82, 2.24) is 14.9 Å². The zero-order valence-corrected chi connectivity index (χ0v) is 11.5. The number of hydrogen-bond acceptors (Lipinski definition) is 2. The summed E-state index contributed by atoms with van der Waals surface area (Å²) < 4.78 is 41.6. The standard InChI is InChI=1S/C14H16F3N3/c1-14(2,3)19-7-10-6-18-8-20(10)12-5-9(15)4-11(16)13(12)17/h4-6,8,19H,7H2,1-3H3. The Morgan fingerprint density at radius 1 is 1.20 bits per heavy atom. The van der Waals surface area contributed by atoms with Crippen molar-refractivity contribution in [2.45, 2.75) is 32.9 Å². The van der Waals surface area contributed by atoms with E-state index in [1.165, 1.54) is 17.1 Å². The normalized spacial score (nSPS) is 11.9. The zero-order chi connectivity index (χ0) is 14.9. The van der Waals surface area contributed by atoms with Crippen LogP contribution in [-0.4, -0.2) is 15.1 Å². The molecule has 0 saturated carbocycles. The summed E-state index contributed by atoms with van der Waals surface area (Å²) in [5.74, 6) is -3.15. The third kappa shape index (κ3) is 3.19. The topological polar surface area (TPSA) is 29.9 Å². The van der Waals surface area contributed by atoms with E-state index >= 15 is 0 Å². The van der Waals surface area contributed by atoms with E-state index in [4.69, 9.17) is 0 Å². The van der Waals surface area contributed by atoms with Gasteiger partial charge in [-0.3, -0.25) is 4.57 Å². The van der Waals surface area contributed by atoms with Gasteiger partial charge in [-0.05, 0) is 20.8 Å². The fraction of sp³-hybridized carbons (Fsp3) is 0.357. The van der Waals surface area contributed by atoms with Gasteiger partial charge in [0, 0.05) is 30.4 Å². The lowest BCUT2D eigenvalue weighted by Gasteiger charge is -2.21. The predicted octanol–water partition coefficient (Wildman–Crippen LogP) is 3.18. The van der Waals surface area contributed by atoms with E-state index in [1.54, 1.807) is 0 Å². The fourth-order valence-electron chi connectivity index (χ4n) is 1.74. The number of benzene rings is 1. The van der Waals surface area contributed by atoms with Crippen molar-refractivity contribution < 1.29 is 13.2 Å². The zero-order valence-electron chi connectivity index (χ0n) is 11.5. The molecule has 0 aliphatic rings. The van der Waals surface area contributed by atoms with Gasteiger partial charge in [0.15, 0.2) is 11.6 Å². The molecule has 0 radical (unpaired) electrons. The Bertz CT molecular complexity index is 615. The second-order valence-electron chi connectivity index (χ2n) is 5.58. The smallest absolute Gasteiger partial charge is 0.183 e. The van der Waals surface area contributed by atoms with Crippen molar-refractivity contribution in [3.05, 3.63) is 47.8 Å². The molecule has 2 rings (SSSR count). The molecule has 0 fully saturated rings. The highest BCUT2D eigenvalue weighted by molar-refractivity contribution is 5.36. The van der Waals surface area contributed by atoms with Crippen molar-refractivity contribution in [3.8, 4) is 5.69 Å². The minimum absolute atomic E-state index is 0.138.